The molecule has 0 aromatic carbocycles. The number of hydrogen-bond acceptors (Lipinski definition) is 5. The molecule has 1 saturated carbocycles. The van der Waals surface area contributed by atoms with E-state index < -0.39 is 0 Å². The second kappa shape index (κ2) is 5.72. The van der Waals surface area contributed by atoms with E-state index in [1.165, 1.54) is 6.20 Å². The summed E-state index contributed by atoms with van der Waals surface area (Å²) in [6.07, 6.45) is 5.13. The predicted molar refractivity (Wildman–Crippen MR) is 72.1 cm³/mol. The van der Waals surface area contributed by atoms with Gasteiger partial charge in [0.1, 0.15) is 16.5 Å². The van der Waals surface area contributed by atoms with E-state index in [4.69, 9.17) is 18.0 Å². The van der Waals surface area contributed by atoms with Crippen LogP contribution in [0, 0.1) is 5.92 Å². The Kier molecular flexibility index (Phi) is 4.03. The minimum absolute atomic E-state index is 0.145. The Bertz CT molecular complexity index is 443. The van der Waals surface area contributed by atoms with Crippen LogP contribution in [0.15, 0.2) is 12.4 Å². The number of aromatic nitrogens is 2. The summed E-state index contributed by atoms with van der Waals surface area (Å²) in [4.78, 5) is 19.7. The van der Waals surface area contributed by atoms with Crippen LogP contribution in [-0.2, 0) is 4.79 Å². The first-order chi connectivity index (χ1) is 8.66. The second-order valence-electron chi connectivity index (χ2n) is 4.14. The third-order valence-corrected chi connectivity index (χ3v) is 2.79. The molecule has 0 spiro atoms. The minimum Gasteiger partial charge on any atom is -0.388 e. The highest BCUT2D eigenvalue weighted by molar-refractivity contribution is 7.80. The summed E-state index contributed by atoms with van der Waals surface area (Å²) in [5, 5.41) is 5.91. The van der Waals surface area contributed by atoms with Gasteiger partial charge in [0.15, 0.2) is 0 Å². The molecule has 2 rings (SSSR count). The predicted octanol–water partition coefficient (Wildman–Crippen LogP) is 0.0489. The van der Waals surface area contributed by atoms with Crippen LogP contribution in [0.2, 0.25) is 0 Å². The standard InChI is InChI=1S/C11H15N5OS/c12-10(18)8-5-16-9(6-15-8)13-3-4-14-11(17)7-1-2-7/h5-7H,1-4H2,(H2,12,18)(H,13,16)(H,14,17). The molecule has 0 bridgehead atoms. The fourth-order valence-corrected chi connectivity index (χ4v) is 1.52. The van der Waals surface area contributed by atoms with Crippen molar-refractivity contribution in [2.24, 2.45) is 11.7 Å². The van der Waals surface area contributed by atoms with Crippen molar-refractivity contribution in [3.63, 3.8) is 0 Å². The van der Waals surface area contributed by atoms with Gasteiger partial charge in [0, 0.05) is 19.0 Å². The maximum atomic E-state index is 11.3. The van der Waals surface area contributed by atoms with Crippen LogP contribution in [0.5, 0.6) is 0 Å². The van der Waals surface area contributed by atoms with Crippen LogP contribution in [0.25, 0.3) is 0 Å². The molecule has 1 heterocycles. The number of nitrogens with two attached hydrogens (primary N) is 1. The van der Waals surface area contributed by atoms with Gasteiger partial charge in [0.05, 0.1) is 12.4 Å². The first kappa shape index (κ1) is 12.7. The van der Waals surface area contributed by atoms with Crippen LogP contribution in [0.1, 0.15) is 18.5 Å². The highest BCUT2D eigenvalue weighted by Crippen LogP contribution is 2.28. The Morgan fingerprint density at radius 1 is 1.39 bits per heavy atom. The van der Waals surface area contributed by atoms with E-state index in [1.807, 2.05) is 0 Å². The quantitative estimate of drug-likeness (QED) is 0.497. The average Bonchev–Trinajstić information content (AvgIpc) is 3.19. The van der Waals surface area contributed by atoms with Crippen molar-refractivity contribution in [2.45, 2.75) is 12.8 Å². The van der Waals surface area contributed by atoms with Crippen molar-refractivity contribution in [3.05, 3.63) is 18.1 Å². The van der Waals surface area contributed by atoms with E-state index in [0.29, 0.717) is 24.6 Å². The van der Waals surface area contributed by atoms with E-state index in [0.717, 1.165) is 12.8 Å². The Hall–Kier alpha value is -1.76. The number of thiocarbonyl (C=S) groups is 1. The molecule has 1 aliphatic rings. The van der Waals surface area contributed by atoms with E-state index >= 15 is 0 Å². The number of carbonyl (C=O) groups excluding carboxylic acids is 1. The summed E-state index contributed by atoms with van der Waals surface area (Å²) in [5.74, 6) is 1.03. The zero-order valence-electron chi connectivity index (χ0n) is 9.85. The van der Waals surface area contributed by atoms with E-state index in [2.05, 4.69) is 20.6 Å². The Morgan fingerprint density at radius 3 is 2.72 bits per heavy atom. The van der Waals surface area contributed by atoms with Gasteiger partial charge < -0.3 is 16.4 Å². The molecule has 96 valence electrons. The highest BCUT2D eigenvalue weighted by Gasteiger charge is 2.28. The van der Waals surface area contributed by atoms with Gasteiger partial charge in [-0.25, -0.2) is 9.97 Å². The molecule has 1 aliphatic carbocycles. The van der Waals surface area contributed by atoms with Crippen LogP contribution >= 0.6 is 12.2 Å². The van der Waals surface area contributed by atoms with Crippen LogP contribution in [-0.4, -0.2) is 34.0 Å². The lowest BCUT2D eigenvalue weighted by Gasteiger charge is -2.06. The molecule has 0 saturated heterocycles. The summed E-state index contributed by atoms with van der Waals surface area (Å²) in [6, 6.07) is 0. The molecule has 1 aromatic heterocycles. The van der Waals surface area contributed by atoms with Crippen molar-refractivity contribution in [1.82, 2.24) is 15.3 Å². The number of nitrogens with zero attached hydrogens (tertiary/aromatic N) is 2. The van der Waals surface area contributed by atoms with E-state index in [1.54, 1.807) is 6.20 Å². The summed E-state index contributed by atoms with van der Waals surface area (Å²) in [6.45, 7) is 1.19. The lowest BCUT2D eigenvalue weighted by Crippen LogP contribution is -2.30. The van der Waals surface area contributed by atoms with Crippen LogP contribution < -0.4 is 16.4 Å². The number of anilines is 1. The fourth-order valence-electron chi connectivity index (χ4n) is 1.41. The summed E-state index contributed by atoms with van der Waals surface area (Å²) in [5.41, 5.74) is 5.91. The Labute approximate surface area is 110 Å². The number of carbonyl (C=O) groups is 1. The Balaban J connectivity index is 1.69. The number of amides is 1. The van der Waals surface area contributed by atoms with Crippen molar-refractivity contribution in [1.29, 1.82) is 0 Å². The van der Waals surface area contributed by atoms with Gasteiger partial charge in [0.25, 0.3) is 0 Å². The molecule has 18 heavy (non-hydrogen) atoms. The smallest absolute Gasteiger partial charge is 0.223 e. The topological polar surface area (TPSA) is 92.9 Å². The zero-order valence-corrected chi connectivity index (χ0v) is 10.7. The van der Waals surface area contributed by atoms with Gasteiger partial charge >= 0.3 is 0 Å². The molecule has 0 unspecified atom stereocenters. The molecule has 1 amide bonds. The van der Waals surface area contributed by atoms with Gasteiger partial charge in [-0.1, -0.05) is 12.2 Å². The molecule has 1 fully saturated rings. The van der Waals surface area contributed by atoms with Crippen molar-refractivity contribution in [2.75, 3.05) is 18.4 Å². The number of rotatable bonds is 6. The maximum Gasteiger partial charge on any atom is 0.223 e. The molecule has 0 atom stereocenters. The van der Waals surface area contributed by atoms with Gasteiger partial charge in [-0.3, -0.25) is 4.79 Å². The monoisotopic (exact) mass is 265 g/mol. The number of nitrogens with one attached hydrogen (secondary N) is 2. The van der Waals surface area contributed by atoms with Gasteiger partial charge in [-0.05, 0) is 12.8 Å². The molecule has 0 aliphatic heterocycles. The van der Waals surface area contributed by atoms with Gasteiger partial charge in [-0.2, -0.15) is 0 Å². The SMILES string of the molecule is NC(=S)c1cnc(NCCNC(=O)C2CC2)cn1. The summed E-state index contributed by atoms with van der Waals surface area (Å²) < 4.78 is 0. The van der Waals surface area contributed by atoms with Crippen molar-refractivity contribution < 1.29 is 4.79 Å². The molecule has 7 heteroatoms. The number of hydrogen-bond donors (Lipinski definition) is 3. The lowest BCUT2D eigenvalue weighted by atomic mass is 10.4. The first-order valence-electron chi connectivity index (χ1n) is 5.80. The van der Waals surface area contributed by atoms with E-state index in [9.17, 15) is 4.79 Å². The largest absolute Gasteiger partial charge is 0.388 e. The third kappa shape index (κ3) is 3.63. The third-order valence-electron chi connectivity index (χ3n) is 2.58. The first-order valence-corrected chi connectivity index (χ1v) is 6.21. The van der Waals surface area contributed by atoms with Crippen LogP contribution in [0.4, 0.5) is 5.82 Å². The molecule has 4 N–H and O–H groups in total. The molecule has 1 aromatic rings. The van der Waals surface area contributed by atoms with Crippen LogP contribution in [0.3, 0.4) is 0 Å². The lowest BCUT2D eigenvalue weighted by molar-refractivity contribution is -0.122. The summed E-state index contributed by atoms with van der Waals surface area (Å²) in [7, 11) is 0. The van der Waals surface area contributed by atoms with Gasteiger partial charge in [0.2, 0.25) is 5.91 Å². The molecule has 0 radical (unpaired) electrons. The van der Waals surface area contributed by atoms with Crippen molar-refractivity contribution >= 4 is 28.9 Å². The second-order valence-corrected chi connectivity index (χ2v) is 4.58. The normalized spacial score (nSPS) is 14.0. The molecular weight excluding hydrogens is 250 g/mol. The highest BCUT2D eigenvalue weighted by atomic mass is 32.1. The minimum atomic E-state index is 0.145. The average molecular weight is 265 g/mol. The van der Waals surface area contributed by atoms with Gasteiger partial charge in [-0.15, -0.1) is 0 Å². The maximum absolute atomic E-state index is 11.3. The molecular formula is C11H15N5OS. The summed E-state index contributed by atoms with van der Waals surface area (Å²) >= 11 is 4.78. The fraction of sp³-hybridized carbons (Fsp3) is 0.455. The van der Waals surface area contributed by atoms with Crippen molar-refractivity contribution in [3.8, 4) is 0 Å². The molecule has 6 nitrogen and oxygen atoms in total. The van der Waals surface area contributed by atoms with E-state index in [-0.39, 0.29) is 16.8 Å². The zero-order chi connectivity index (χ0) is 13.0. The Morgan fingerprint density at radius 2 is 2.17 bits per heavy atom.